The highest BCUT2D eigenvalue weighted by Crippen LogP contribution is 2.47. The number of benzene rings is 2. The molecule has 0 radical (unpaired) electrons. The van der Waals surface area contributed by atoms with E-state index in [2.05, 4.69) is 0 Å². The first-order valence-corrected chi connectivity index (χ1v) is 10.6. The summed E-state index contributed by atoms with van der Waals surface area (Å²) in [5, 5.41) is 9.62. The minimum Gasteiger partial charge on any atom is -0.481 e. The van der Waals surface area contributed by atoms with E-state index in [1.165, 1.54) is 12.0 Å². The number of methoxy groups -OCH3 is 1. The Morgan fingerprint density at radius 3 is 2.06 bits per heavy atom. The van der Waals surface area contributed by atoms with Gasteiger partial charge in [-0.25, -0.2) is 4.79 Å². The van der Waals surface area contributed by atoms with Crippen LogP contribution in [0.15, 0.2) is 48.5 Å². The van der Waals surface area contributed by atoms with Gasteiger partial charge in [-0.05, 0) is 41.5 Å². The Balaban J connectivity index is 1.82. The number of carboxylic acid groups (broad SMARTS) is 1. The highest BCUT2D eigenvalue weighted by Gasteiger charge is 2.44. The van der Waals surface area contributed by atoms with E-state index in [0.29, 0.717) is 13.1 Å². The number of piperidine rings is 1. The lowest BCUT2D eigenvalue weighted by Gasteiger charge is -2.38. The van der Waals surface area contributed by atoms with Crippen molar-refractivity contribution in [2.45, 2.75) is 37.8 Å². The second-order valence-corrected chi connectivity index (χ2v) is 7.95. The SMILES string of the molecule is COC(=O)N(C1c2ccccc2-c2ccccc21)[C@@H](CC(=O)O)C(=O)N1CCCCC1. The molecule has 31 heavy (non-hydrogen) atoms. The number of hydrogen-bond donors (Lipinski definition) is 1. The van der Waals surface area contributed by atoms with Crippen molar-refractivity contribution in [1.29, 1.82) is 0 Å². The summed E-state index contributed by atoms with van der Waals surface area (Å²) in [5.41, 5.74) is 3.65. The summed E-state index contributed by atoms with van der Waals surface area (Å²) in [4.78, 5) is 41.3. The molecule has 1 heterocycles. The predicted molar refractivity (Wildman–Crippen MR) is 114 cm³/mol. The Bertz CT molecular complexity index is 953. The quantitative estimate of drug-likeness (QED) is 0.794. The first kappa shape index (κ1) is 20.9. The van der Waals surface area contributed by atoms with E-state index in [1.54, 1.807) is 4.90 Å². The van der Waals surface area contributed by atoms with Crippen LogP contribution in [0.3, 0.4) is 0 Å². The van der Waals surface area contributed by atoms with E-state index >= 15 is 0 Å². The number of nitrogens with zero attached hydrogens (tertiary/aromatic N) is 2. The van der Waals surface area contributed by atoms with Crippen molar-refractivity contribution in [1.82, 2.24) is 9.80 Å². The molecule has 1 saturated heterocycles. The first-order valence-electron chi connectivity index (χ1n) is 10.6. The van der Waals surface area contributed by atoms with Crippen molar-refractivity contribution in [2.75, 3.05) is 20.2 Å². The number of likely N-dealkylation sites (tertiary alicyclic amines) is 1. The van der Waals surface area contributed by atoms with Crippen LogP contribution in [0, 0.1) is 0 Å². The molecule has 0 aromatic heterocycles. The fourth-order valence-electron chi connectivity index (χ4n) is 4.74. The van der Waals surface area contributed by atoms with Crippen molar-refractivity contribution in [3.05, 3.63) is 59.7 Å². The zero-order chi connectivity index (χ0) is 22.0. The molecule has 2 amide bonds. The van der Waals surface area contributed by atoms with Crippen LogP contribution in [0.1, 0.15) is 42.9 Å². The van der Waals surface area contributed by atoms with Gasteiger partial charge in [0.1, 0.15) is 6.04 Å². The molecule has 0 saturated carbocycles. The molecule has 0 spiro atoms. The molecule has 2 aromatic rings. The number of carboxylic acids is 1. The van der Waals surface area contributed by atoms with Gasteiger partial charge in [-0.2, -0.15) is 0 Å². The third-order valence-corrected chi connectivity index (χ3v) is 6.12. The maximum atomic E-state index is 13.5. The van der Waals surface area contributed by atoms with Crippen LogP contribution in [0.2, 0.25) is 0 Å². The van der Waals surface area contributed by atoms with Gasteiger partial charge < -0.3 is 14.7 Å². The number of hydrogen-bond acceptors (Lipinski definition) is 4. The number of carbonyl (C=O) groups is 3. The summed E-state index contributed by atoms with van der Waals surface area (Å²) < 4.78 is 5.08. The molecule has 1 fully saturated rings. The summed E-state index contributed by atoms with van der Waals surface area (Å²) in [6.45, 7) is 1.14. The molecule has 162 valence electrons. The minimum absolute atomic E-state index is 0.339. The number of aliphatic carboxylic acids is 1. The summed E-state index contributed by atoms with van der Waals surface area (Å²) in [6.07, 6.45) is 1.59. The zero-order valence-corrected chi connectivity index (χ0v) is 17.5. The van der Waals surface area contributed by atoms with Crippen molar-refractivity contribution < 1.29 is 24.2 Å². The van der Waals surface area contributed by atoms with E-state index < -0.39 is 30.6 Å². The molecule has 7 nitrogen and oxygen atoms in total. The second-order valence-electron chi connectivity index (χ2n) is 7.95. The van der Waals surface area contributed by atoms with Gasteiger partial charge in [0, 0.05) is 13.1 Å². The monoisotopic (exact) mass is 422 g/mol. The smallest absolute Gasteiger partial charge is 0.410 e. The van der Waals surface area contributed by atoms with Gasteiger partial charge in [0.05, 0.1) is 19.6 Å². The van der Waals surface area contributed by atoms with Crippen LogP contribution in [-0.2, 0) is 14.3 Å². The number of amides is 2. The molecule has 0 unspecified atom stereocenters. The van der Waals surface area contributed by atoms with Gasteiger partial charge in [-0.1, -0.05) is 48.5 Å². The van der Waals surface area contributed by atoms with Crippen molar-refractivity contribution in [3.8, 4) is 11.1 Å². The summed E-state index contributed by atoms with van der Waals surface area (Å²) in [7, 11) is 1.26. The molecule has 2 aromatic carbocycles. The first-order chi connectivity index (χ1) is 15.0. The van der Waals surface area contributed by atoms with Crippen molar-refractivity contribution in [3.63, 3.8) is 0 Å². The Labute approximate surface area is 181 Å². The Kier molecular flexibility index (Phi) is 5.93. The summed E-state index contributed by atoms with van der Waals surface area (Å²) in [5.74, 6) is -1.47. The lowest BCUT2D eigenvalue weighted by molar-refractivity contribution is -0.146. The van der Waals surface area contributed by atoms with Crippen LogP contribution >= 0.6 is 0 Å². The van der Waals surface area contributed by atoms with Gasteiger partial charge >= 0.3 is 12.1 Å². The van der Waals surface area contributed by atoms with E-state index in [-0.39, 0.29) is 5.91 Å². The van der Waals surface area contributed by atoms with E-state index in [0.717, 1.165) is 41.5 Å². The number of carbonyl (C=O) groups excluding carboxylic acids is 2. The maximum Gasteiger partial charge on any atom is 0.410 e. The van der Waals surface area contributed by atoms with Crippen molar-refractivity contribution >= 4 is 18.0 Å². The van der Waals surface area contributed by atoms with Gasteiger partial charge in [0.15, 0.2) is 0 Å². The van der Waals surface area contributed by atoms with Crippen LogP contribution in [0.4, 0.5) is 4.79 Å². The number of fused-ring (bicyclic) bond motifs is 3. The highest BCUT2D eigenvalue weighted by atomic mass is 16.5. The molecule has 4 rings (SSSR count). The molecule has 7 heteroatoms. The number of rotatable bonds is 5. The fourth-order valence-corrected chi connectivity index (χ4v) is 4.74. The molecule has 2 aliphatic rings. The second kappa shape index (κ2) is 8.79. The third kappa shape index (κ3) is 3.87. The lowest BCUT2D eigenvalue weighted by Crippen LogP contribution is -2.54. The average Bonchev–Trinajstić information content (AvgIpc) is 3.13. The molecule has 1 aliphatic heterocycles. The van der Waals surface area contributed by atoms with Gasteiger partial charge in [-0.3, -0.25) is 14.5 Å². The Morgan fingerprint density at radius 1 is 1.00 bits per heavy atom. The summed E-state index contributed by atoms with van der Waals surface area (Å²) >= 11 is 0. The highest BCUT2D eigenvalue weighted by molar-refractivity contribution is 5.91. The largest absolute Gasteiger partial charge is 0.481 e. The topological polar surface area (TPSA) is 87.1 Å². The minimum atomic E-state index is -1.16. The lowest BCUT2D eigenvalue weighted by atomic mass is 9.99. The van der Waals surface area contributed by atoms with Crippen LogP contribution < -0.4 is 0 Å². The molecule has 0 bridgehead atoms. The maximum absolute atomic E-state index is 13.5. The number of ether oxygens (including phenoxy) is 1. The normalized spacial score (nSPS) is 16.2. The average molecular weight is 422 g/mol. The molecule has 1 atom stereocenters. The molecule has 1 aliphatic carbocycles. The Morgan fingerprint density at radius 2 is 1.55 bits per heavy atom. The molecular formula is C24H26N2O5. The fraction of sp³-hybridized carbons (Fsp3) is 0.375. The van der Waals surface area contributed by atoms with Crippen LogP contribution in [-0.4, -0.2) is 59.1 Å². The molecular weight excluding hydrogens is 396 g/mol. The van der Waals surface area contributed by atoms with E-state index in [9.17, 15) is 19.5 Å². The van der Waals surface area contributed by atoms with E-state index in [1.807, 2.05) is 48.5 Å². The van der Waals surface area contributed by atoms with Crippen LogP contribution in [0.25, 0.3) is 11.1 Å². The van der Waals surface area contributed by atoms with Gasteiger partial charge in [0.2, 0.25) is 5.91 Å². The zero-order valence-electron chi connectivity index (χ0n) is 17.5. The third-order valence-electron chi connectivity index (χ3n) is 6.12. The predicted octanol–water partition coefficient (Wildman–Crippen LogP) is 3.68. The van der Waals surface area contributed by atoms with Crippen LogP contribution in [0.5, 0.6) is 0 Å². The Hall–Kier alpha value is -3.35. The van der Waals surface area contributed by atoms with Gasteiger partial charge in [-0.15, -0.1) is 0 Å². The van der Waals surface area contributed by atoms with Crippen molar-refractivity contribution in [2.24, 2.45) is 0 Å². The molecule has 1 N–H and O–H groups in total. The van der Waals surface area contributed by atoms with Gasteiger partial charge in [0.25, 0.3) is 0 Å². The standard InChI is InChI=1S/C24H26N2O5/c1-31-24(30)26(20(15-21(27)28)23(29)25-13-7-2-8-14-25)22-18-11-5-3-9-16(18)17-10-4-6-12-19(17)22/h3-6,9-12,20,22H,2,7-8,13-15H2,1H3,(H,27,28)/t20-/m0/s1. The summed E-state index contributed by atoms with van der Waals surface area (Å²) in [6, 6.07) is 13.6. The van der Waals surface area contributed by atoms with E-state index in [4.69, 9.17) is 4.74 Å².